The molecular formula is C24H12O2. The minimum atomic E-state index is 0.00649. The highest BCUT2D eigenvalue weighted by molar-refractivity contribution is 6.32. The van der Waals surface area contributed by atoms with Gasteiger partial charge in [-0.05, 0) is 33.7 Å². The van der Waals surface area contributed by atoms with Crippen LogP contribution in [0.4, 0.5) is 0 Å². The molecule has 0 atom stereocenters. The summed E-state index contributed by atoms with van der Waals surface area (Å²) < 4.78 is 0. The van der Waals surface area contributed by atoms with Crippen LogP contribution >= 0.6 is 0 Å². The van der Waals surface area contributed by atoms with Gasteiger partial charge in [0, 0.05) is 32.3 Å². The number of rotatable bonds is 0. The molecule has 26 heavy (non-hydrogen) atoms. The second-order valence-corrected chi connectivity index (χ2v) is 6.82. The van der Waals surface area contributed by atoms with Crippen LogP contribution in [0.3, 0.4) is 0 Å². The van der Waals surface area contributed by atoms with Gasteiger partial charge in [-0.1, -0.05) is 60.7 Å². The molecule has 6 aromatic rings. The standard InChI is InChI=1S/C24H12O2/c25-23-16-8-4-3-7-15(16)21-19(23)12-11-17-20-14-6-2-1-5-13(14)9-10-18(20)24(26)22(17)21/h1-12H. The van der Waals surface area contributed by atoms with E-state index in [1.165, 1.54) is 0 Å². The van der Waals surface area contributed by atoms with E-state index in [1.807, 2.05) is 60.7 Å². The lowest BCUT2D eigenvalue weighted by atomic mass is 10.0. The first-order valence-electron chi connectivity index (χ1n) is 8.63. The van der Waals surface area contributed by atoms with Gasteiger partial charge in [-0.25, -0.2) is 0 Å². The first kappa shape index (κ1) is 13.7. The van der Waals surface area contributed by atoms with Gasteiger partial charge in [0.1, 0.15) is 0 Å². The first-order chi connectivity index (χ1) is 12.8. The van der Waals surface area contributed by atoms with Crippen LogP contribution in [0.5, 0.6) is 0 Å². The van der Waals surface area contributed by atoms with Crippen LogP contribution in [0.15, 0.2) is 82.4 Å². The smallest absolute Gasteiger partial charge is 0.194 e. The Hall–Kier alpha value is -3.52. The fraction of sp³-hybridized carbons (Fsp3) is 0. The molecule has 6 rings (SSSR count). The second-order valence-electron chi connectivity index (χ2n) is 6.82. The second kappa shape index (κ2) is 4.55. The van der Waals surface area contributed by atoms with Crippen molar-refractivity contribution in [1.29, 1.82) is 0 Å². The van der Waals surface area contributed by atoms with Crippen LogP contribution in [-0.4, -0.2) is 0 Å². The van der Waals surface area contributed by atoms with Gasteiger partial charge in [-0.15, -0.1) is 0 Å². The van der Waals surface area contributed by atoms with Crippen molar-refractivity contribution in [3.63, 3.8) is 0 Å². The third-order valence-corrected chi connectivity index (χ3v) is 5.56. The predicted octanol–water partition coefficient (Wildman–Crippen LogP) is 5.05. The van der Waals surface area contributed by atoms with Gasteiger partial charge in [0.05, 0.1) is 0 Å². The zero-order valence-electron chi connectivity index (χ0n) is 13.7. The summed E-state index contributed by atoms with van der Waals surface area (Å²) >= 11 is 0. The van der Waals surface area contributed by atoms with Gasteiger partial charge in [0.15, 0.2) is 10.9 Å². The molecule has 0 fully saturated rings. The molecule has 0 N–H and O–H groups in total. The highest BCUT2D eigenvalue weighted by Gasteiger charge is 2.19. The Labute approximate surface area is 147 Å². The molecule has 0 aliphatic rings. The Kier molecular flexibility index (Phi) is 2.41. The molecule has 0 unspecified atom stereocenters. The summed E-state index contributed by atoms with van der Waals surface area (Å²) in [4.78, 5) is 26.1. The lowest BCUT2D eigenvalue weighted by molar-refractivity contribution is 1.80. The molecule has 0 radical (unpaired) electrons. The largest absolute Gasteiger partial charge is 0.289 e. The maximum Gasteiger partial charge on any atom is 0.194 e. The molecule has 0 aliphatic carbocycles. The van der Waals surface area contributed by atoms with Gasteiger partial charge in [-0.3, -0.25) is 9.59 Å². The minimum Gasteiger partial charge on any atom is -0.289 e. The van der Waals surface area contributed by atoms with Crippen molar-refractivity contribution >= 4 is 53.9 Å². The van der Waals surface area contributed by atoms with Crippen molar-refractivity contribution in [3.05, 3.63) is 93.2 Å². The number of hydrogen-bond acceptors (Lipinski definition) is 2. The van der Waals surface area contributed by atoms with Gasteiger partial charge in [-0.2, -0.15) is 0 Å². The topological polar surface area (TPSA) is 34.1 Å². The summed E-state index contributed by atoms with van der Waals surface area (Å²) in [6, 6.07) is 23.4. The Bertz CT molecular complexity index is 1610. The van der Waals surface area contributed by atoms with E-state index in [1.54, 1.807) is 0 Å². The van der Waals surface area contributed by atoms with Crippen LogP contribution in [-0.2, 0) is 0 Å². The highest BCUT2D eigenvalue weighted by atomic mass is 16.1. The minimum absolute atomic E-state index is 0.00649. The van der Waals surface area contributed by atoms with E-state index in [4.69, 9.17) is 0 Å². The van der Waals surface area contributed by atoms with Gasteiger partial charge in [0.25, 0.3) is 0 Å². The van der Waals surface area contributed by atoms with E-state index >= 15 is 0 Å². The summed E-state index contributed by atoms with van der Waals surface area (Å²) in [5.41, 5.74) is 0.0223. The van der Waals surface area contributed by atoms with Crippen molar-refractivity contribution in [1.82, 2.24) is 0 Å². The number of benzene rings is 4. The van der Waals surface area contributed by atoms with Crippen molar-refractivity contribution in [2.45, 2.75) is 0 Å². The highest BCUT2D eigenvalue weighted by Crippen LogP contribution is 2.36. The van der Waals surface area contributed by atoms with Crippen LogP contribution in [0.25, 0.3) is 53.9 Å². The van der Waals surface area contributed by atoms with Crippen molar-refractivity contribution in [3.8, 4) is 0 Å². The molecule has 0 aliphatic heterocycles. The quantitative estimate of drug-likeness (QED) is 0.390. The van der Waals surface area contributed by atoms with Gasteiger partial charge in [0.2, 0.25) is 0 Å². The van der Waals surface area contributed by atoms with Crippen LogP contribution < -0.4 is 10.9 Å². The van der Waals surface area contributed by atoms with E-state index in [9.17, 15) is 9.59 Å². The Morgan fingerprint density at radius 1 is 0.385 bits per heavy atom. The van der Waals surface area contributed by atoms with Crippen LogP contribution in [0.1, 0.15) is 0 Å². The molecule has 0 aromatic heterocycles. The zero-order chi connectivity index (χ0) is 17.4. The molecular weight excluding hydrogens is 320 g/mol. The van der Waals surface area contributed by atoms with E-state index in [0.29, 0.717) is 16.2 Å². The van der Waals surface area contributed by atoms with E-state index in [-0.39, 0.29) is 10.9 Å². The molecule has 0 saturated heterocycles. The Balaban J connectivity index is 2.03. The Morgan fingerprint density at radius 2 is 1.00 bits per heavy atom. The summed E-state index contributed by atoms with van der Waals surface area (Å²) in [5, 5.41) is 8.51. The van der Waals surface area contributed by atoms with Crippen molar-refractivity contribution in [2.75, 3.05) is 0 Å². The van der Waals surface area contributed by atoms with E-state index in [0.717, 1.165) is 37.7 Å². The fourth-order valence-corrected chi connectivity index (χ4v) is 4.45. The fourth-order valence-electron chi connectivity index (χ4n) is 4.45. The molecule has 0 amide bonds. The van der Waals surface area contributed by atoms with E-state index in [2.05, 4.69) is 12.1 Å². The summed E-state index contributed by atoms with van der Waals surface area (Å²) in [7, 11) is 0. The van der Waals surface area contributed by atoms with Gasteiger partial charge >= 0.3 is 0 Å². The van der Waals surface area contributed by atoms with Crippen molar-refractivity contribution in [2.24, 2.45) is 0 Å². The lowest BCUT2D eigenvalue weighted by Crippen LogP contribution is -1.96. The molecule has 2 nitrogen and oxygen atoms in total. The zero-order valence-corrected chi connectivity index (χ0v) is 13.7. The molecule has 0 bridgehead atoms. The molecule has 0 heterocycles. The van der Waals surface area contributed by atoms with Crippen LogP contribution in [0, 0.1) is 0 Å². The van der Waals surface area contributed by atoms with E-state index < -0.39 is 0 Å². The number of hydrogen-bond donors (Lipinski definition) is 0. The summed E-state index contributed by atoms with van der Waals surface area (Å²) in [5.74, 6) is 0. The monoisotopic (exact) mass is 332 g/mol. The molecule has 6 aromatic carbocycles. The lowest BCUT2D eigenvalue weighted by Gasteiger charge is -2.00. The molecule has 2 heteroatoms. The third-order valence-electron chi connectivity index (χ3n) is 5.56. The average molecular weight is 332 g/mol. The Morgan fingerprint density at radius 3 is 1.85 bits per heavy atom. The normalized spacial score (nSPS) is 12.2. The molecule has 0 saturated carbocycles. The molecule has 120 valence electrons. The maximum absolute atomic E-state index is 13.3. The number of fused-ring (bicyclic) bond motifs is 9. The predicted molar refractivity (Wildman–Crippen MR) is 109 cm³/mol. The average Bonchev–Trinajstić information content (AvgIpc) is 3.15. The summed E-state index contributed by atoms with van der Waals surface area (Å²) in [6.07, 6.45) is 0. The maximum atomic E-state index is 13.3. The first-order valence-corrected chi connectivity index (χ1v) is 8.63. The SMILES string of the molecule is O=c1c2ccccc2c2c1ccc1c2c(=O)c2ccc3ccccc3c21. The van der Waals surface area contributed by atoms with Crippen LogP contribution in [0.2, 0.25) is 0 Å². The van der Waals surface area contributed by atoms with Crippen molar-refractivity contribution < 1.29 is 0 Å². The molecule has 0 spiro atoms. The summed E-state index contributed by atoms with van der Waals surface area (Å²) in [6.45, 7) is 0. The third kappa shape index (κ3) is 1.48. The van der Waals surface area contributed by atoms with Gasteiger partial charge < -0.3 is 0 Å².